The summed E-state index contributed by atoms with van der Waals surface area (Å²) in [6, 6.07) is 8.91. The molecule has 21 heavy (non-hydrogen) atoms. The number of benzene rings is 1. The molecule has 1 aromatic rings. The second-order valence-corrected chi connectivity index (χ2v) is 8.19. The summed E-state index contributed by atoms with van der Waals surface area (Å²) in [6.07, 6.45) is 0. The lowest BCUT2D eigenvalue weighted by Gasteiger charge is -2.31. The van der Waals surface area contributed by atoms with E-state index in [1.807, 2.05) is 6.07 Å². The largest absolute Gasteiger partial charge is 0.465 e. The summed E-state index contributed by atoms with van der Waals surface area (Å²) in [4.78, 5) is 12.0. The van der Waals surface area contributed by atoms with Crippen LogP contribution < -0.4 is 9.61 Å². The number of esters is 1. The van der Waals surface area contributed by atoms with E-state index < -0.39 is 19.0 Å². The van der Waals surface area contributed by atoms with Crippen LogP contribution in [0.25, 0.3) is 0 Å². The predicted molar refractivity (Wildman–Crippen MR) is 83.7 cm³/mol. The second-order valence-electron chi connectivity index (χ2n) is 5.55. The SMILES string of the molecule is CCOC(=O)C(C)(C)N[P@](=O)(Oc1ccccc1)C(C)C. The third-order valence-corrected chi connectivity index (χ3v) is 5.60. The fraction of sp³-hybridized carbons (Fsp3) is 0.533. The van der Waals surface area contributed by atoms with Crippen molar-refractivity contribution >= 4 is 13.5 Å². The Balaban J connectivity index is 2.96. The first kappa shape index (κ1) is 17.7. The Morgan fingerprint density at radius 2 is 1.86 bits per heavy atom. The lowest BCUT2D eigenvalue weighted by molar-refractivity contribution is -0.149. The Morgan fingerprint density at radius 1 is 1.29 bits per heavy atom. The normalized spacial score (nSPS) is 14.6. The quantitative estimate of drug-likeness (QED) is 0.615. The van der Waals surface area contributed by atoms with Gasteiger partial charge in [0.2, 0.25) is 0 Å². The molecule has 0 aliphatic heterocycles. The van der Waals surface area contributed by atoms with Crippen LogP contribution in [0.4, 0.5) is 0 Å². The van der Waals surface area contributed by atoms with Gasteiger partial charge in [-0.1, -0.05) is 32.0 Å². The molecule has 0 saturated heterocycles. The molecule has 0 radical (unpaired) electrons. The van der Waals surface area contributed by atoms with Gasteiger partial charge in [-0.25, -0.2) is 5.09 Å². The van der Waals surface area contributed by atoms with Gasteiger partial charge in [0.15, 0.2) is 0 Å². The molecule has 0 bridgehead atoms. The van der Waals surface area contributed by atoms with E-state index in [1.165, 1.54) is 0 Å². The van der Waals surface area contributed by atoms with Crippen LogP contribution in [0, 0.1) is 0 Å². The van der Waals surface area contributed by atoms with Crippen molar-refractivity contribution in [3.8, 4) is 5.75 Å². The van der Waals surface area contributed by atoms with Gasteiger partial charge in [-0.15, -0.1) is 0 Å². The number of ether oxygens (including phenoxy) is 1. The highest BCUT2D eigenvalue weighted by atomic mass is 31.2. The Bertz CT molecular complexity index is 514. The lowest BCUT2D eigenvalue weighted by Crippen LogP contribution is -2.47. The first-order chi connectivity index (χ1) is 9.71. The van der Waals surface area contributed by atoms with Crippen molar-refractivity contribution in [2.24, 2.45) is 0 Å². The summed E-state index contributed by atoms with van der Waals surface area (Å²) in [5, 5.41) is 2.86. The Labute approximate surface area is 126 Å². The summed E-state index contributed by atoms with van der Waals surface area (Å²) in [5.74, 6) is 0.0456. The van der Waals surface area contributed by atoms with Gasteiger partial charge in [-0.3, -0.25) is 9.36 Å². The van der Waals surface area contributed by atoms with Crippen molar-refractivity contribution < 1.29 is 18.6 Å². The van der Waals surface area contributed by atoms with Crippen LogP contribution in [-0.2, 0) is 14.1 Å². The first-order valence-electron chi connectivity index (χ1n) is 7.02. The smallest absolute Gasteiger partial charge is 0.326 e. The maximum Gasteiger partial charge on any atom is 0.326 e. The molecule has 0 aliphatic rings. The third kappa shape index (κ3) is 4.87. The second kappa shape index (κ2) is 7.10. The van der Waals surface area contributed by atoms with Crippen molar-refractivity contribution in [2.75, 3.05) is 6.61 Å². The molecule has 0 spiro atoms. The highest BCUT2D eigenvalue weighted by molar-refractivity contribution is 7.58. The molecular formula is C15H24NO4P. The van der Waals surface area contributed by atoms with E-state index in [2.05, 4.69) is 5.09 Å². The zero-order valence-electron chi connectivity index (χ0n) is 13.3. The molecule has 1 atom stereocenters. The summed E-state index contributed by atoms with van der Waals surface area (Å²) < 4.78 is 23.7. The summed E-state index contributed by atoms with van der Waals surface area (Å²) in [6.45, 7) is 8.85. The number of rotatable bonds is 7. The van der Waals surface area contributed by atoms with Gasteiger partial charge in [-0.05, 0) is 32.9 Å². The molecule has 0 aromatic heterocycles. The van der Waals surface area contributed by atoms with E-state index in [0.717, 1.165) is 0 Å². The van der Waals surface area contributed by atoms with Crippen LogP contribution in [0.5, 0.6) is 5.75 Å². The van der Waals surface area contributed by atoms with Gasteiger partial charge in [0.1, 0.15) is 11.3 Å². The minimum Gasteiger partial charge on any atom is -0.465 e. The van der Waals surface area contributed by atoms with Crippen molar-refractivity contribution in [1.82, 2.24) is 5.09 Å². The van der Waals surface area contributed by atoms with Crippen LogP contribution >= 0.6 is 7.52 Å². The molecule has 0 unspecified atom stereocenters. The maximum atomic E-state index is 13.1. The van der Waals surface area contributed by atoms with Gasteiger partial charge in [-0.2, -0.15) is 0 Å². The highest BCUT2D eigenvalue weighted by Crippen LogP contribution is 2.49. The fourth-order valence-corrected chi connectivity index (χ4v) is 3.46. The molecule has 1 aromatic carbocycles. The molecular weight excluding hydrogens is 289 g/mol. The van der Waals surface area contributed by atoms with Crippen molar-refractivity contribution in [1.29, 1.82) is 0 Å². The van der Waals surface area contributed by atoms with Crippen molar-refractivity contribution in [3.05, 3.63) is 30.3 Å². The number of nitrogens with one attached hydrogen (secondary N) is 1. The Hall–Kier alpha value is -1.32. The van der Waals surface area contributed by atoms with Crippen LogP contribution in [0.1, 0.15) is 34.6 Å². The monoisotopic (exact) mass is 313 g/mol. The van der Waals surface area contributed by atoms with E-state index in [0.29, 0.717) is 5.75 Å². The van der Waals surface area contributed by atoms with Crippen LogP contribution in [0.3, 0.4) is 0 Å². The molecule has 1 N–H and O–H groups in total. The zero-order chi connectivity index (χ0) is 16.1. The molecule has 5 nitrogen and oxygen atoms in total. The van der Waals surface area contributed by atoms with E-state index in [1.54, 1.807) is 58.9 Å². The predicted octanol–water partition coefficient (Wildman–Crippen LogP) is 3.60. The molecule has 0 amide bonds. The van der Waals surface area contributed by atoms with Crippen LogP contribution in [0.2, 0.25) is 0 Å². The first-order valence-corrected chi connectivity index (χ1v) is 8.71. The number of hydrogen-bond acceptors (Lipinski definition) is 4. The summed E-state index contributed by atoms with van der Waals surface area (Å²) >= 11 is 0. The molecule has 0 saturated carbocycles. The van der Waals surface area contributed by atoms with E-state index >= 15 is 0 Å². The van der Waals surface area contributed by atoms with E-state index in [4.69, 9.17) is 9.26 Å². The Morgan fingerprint density at radius 3 is 2.33 bits per heavy atom. The summed E-state index contributed by atoms with van der Waals surface area (Å²) in [7, 11) is -3.26. The Kier molecular flexibility index (Phi) is 5.99. The molecule has 0 fully saturated rings. The minimum atomic E-state index is -3.26. The van der Waals surface area contributed by atoms with E-state index in [9.17, 15) is 9.36 Å². The average Bonchev–Trinajstić information content (AvgIpc) is 2.39. The van der Waals surface area contributed by atoms with Gasteiger partial charge in [0.25, 0.3) is 0 Å². The highest BCUT2D eigenvalue weighted by Gasteiger charge is 2.40. The third-order valence-electron chi connectivity index (χ3n) is 2.89. The standard InChI is InChI=1S/C15H24NO4P/c1-6-19-14(17)15(4,5)16-21(18,12(2)3)20-13-10-8-7-9-11-13/h7-12H,6H2,1-5H3,(H,16,18)/t21-/m1/s1. The topological polar surface area (TPSA) is 64.6 Å². The van der Waals surface area contributed by atoms with E-state index in [-0.39, 0.29) is 12.3 Å². The number of carbonyl (C=O) groups excluding carboxylic acids is 1. The maximum absolute atomic E-state index is 13.1. The molecule has 118 valence electrons. The fourth-order valence-electron chi connectivity index (χ4n) is 1.64. The van der Waals surface area contributed by atoms with Gasteiger partial charge < -0.3 is 9.26 Å². The molecule has 6 heteroatoms. The number of para-hydroxylation sites is 1. The van der Waals surface area contributed by atoms with Crippen molar-refractivity contribution in [3.63, 3.8) is 0 Å². The minimum absolute atomic E-state index is 0.273. The molecule has 0 heterocycles. The number of hydrogen-bond donors (Lipinski definition) is 1. The molecule has 0 aliphatic carbocycles. The van der Waals surface area contributed by atoms with Gasteiger partial charge in [0, 0.05) is 0 Å². The van der Waals surface area contributed by atoms with Crippen LogP contribution in [0.15, 0.2) is 30.3 Å². The van der Waals surface area contributed by atoms with Gasteiger partial charge >= 0.3 is 13.5 Å². The summed E-state index contributed by atoms with van der Waals surface area (Å²) in [5.41, 5.74) is -1.38. The molecule has 1 rings (SSSR count). The van der Waals surface area contributed by atoms with Crippen LogP contribution in [-0.4, -0.2) is 23.8 Å². The van der Waals surface area contributed by atoms with Crippen molar-refractivity contribution in [2.45, 2.75) is 45.8 Å². The zero-order valence-corrected chi connectivity index (χ0v) is 14.1. The lowest BCUT2D eigenvalue weighted by atomic mass is 10.1. The van der Waals surface area contributed by atoms with Gasteiger partial charge in [0.05, 0.1) is 12.3 Å². The average molecular weight is 313 g/mol. The number of carbonyl (C=O) groups is 1.